The standard InChI is InChI=1S/C31H39N3O4/c1-22(31(37)38)9-7-8-20-32-30(36)29(25-12-5-6-13-25)26-16-14-23(15-17-26)21-34-28(35)19-18-27(33-34)24-10-3-2-4-11-24/h2-4,10-11,14-17,22,25,29H,5-9,12-13,18-21H2,1H3,(H,32,36)(H,37,38). The third-order valence-corrected chi connectivity index (χ3v) is 7.82. The van der Waals surface area contributed by atoms with Crippen molar-refractivity contribution in [3.63, 3.8) is 0 Å². The maximum atomic E-state index is 13.3. The van der Waals surface area contributed by atoms with Gasteiger partial charge in [-0.2, -0.15) is 5.10 Å². The number of carbonyl (C=O) groups is 3. The van der Waals surface area contributed by atoms with Gasteiger partial charge >= 0.3 is 5.97 Å². The summed E-state index contributed by atoms with van der Waals surface area (Å²) in [6.45, 7) is 2.69. The van der Waals surface area contributed by atoms with Crippen molar-refractivity contribution < 1.29 is 19.5 Å². The Morgan fingerprint density at radius 3 is 2.42 bits per heavy atom. The second-order valence-corrected chi connectivity index (χ2v) is 10.7. The second kappa shape index (κ2) is 13.4. The van der Waals surface area contributed by atoms with E-state index in [1.807, 2.05) is 54.6 Å². The van der Waals surface area contributed by atoms with E-state index in [2.05, 4.69) is 10.4 Å². The molecule has 2 aromatic carbocycles. The van der Waals surface area contributed by atoms with Crippen LogP contribution >= 0.6 is 0 Å². The quantitative estimate of drug-likeness (QED) is 0.364. The molecule has 38 heavy (non-hydrogen) atoms. The SMILES string of the molecule is CC(CCCCNC(=O)C(c1ccc(CN2N=C(c3ccccc3)CCC2=O)cc1)C1CCCC1)C(=O)O. The average molecular weight is 518 g/mol. The fourth-order valence-corrected chi connectivity index (χ4v) is 5.51. The molecule has 0 saturated heterocycles. The van der Waals surface area contributed by atoms with Crippen LogP contribution in [0.3, 0.4) is 0 Å². The summed E-state index contributed by atoms with van der Waals surface area (Å²) in [4.78, 5) is 36.8. The fourth-order valence-electron chi connectivity index (χ4n) is 5.51. The van der Waals surface area contributed by atoms with Gasteiger partial charge in [-0.15, -0.1) is 0 Å². The normalized spacial score (nSPS) is 17.7. The van der Waals surface area contributed by atoms with Gasteiger partial charge in [-0.25, -0.2) is 5.01 Å². The summed E-state index contributed by atoms with van der Waals surface area (Å²) in [6, 6.07) is 18.1. The number of carboxylic acid groups (broad SMARTS) is 1. The number of rotatable bonds is 12. The largest absolute Gasteiger partial charge is 0.481 e. The molecule has 1 fully saturated rings. The van der Waals surface area contributed by atoms with Crippen LogP contribution in [0.1, 0.15) is 87.3 Å². The van der Waals surface area contributed by atoms with Crippen LogP contribution in [0, 0.1) is 11.8 Å². The first-order chi connectivity index (χ1) is 18.4. The second-order valence-electron chi connectivity index (χ2n) is 10.7. The van der Waals surface area contributed by atoms with Crippen molar-refractivity contribution in [3.8, 4) is 0 Å². The summed E-state index contributed by atoms with van der Waals surface area (Å²) in [7, 11) is 0. The predicted octanol–water partition coefficient (Wildman–Crippen LogP) is 5.49. The molecule has 2 N–H and O–H groups in total. The smallest absolute Gasteiger partial charge is 0.306 e. The molecule has 0 spiro atoms. The third kappa shape index (κ3) is 7.30. The van der Waals surface area contributed by atoms with E-state index in [-0.39, 0.29) is 23.7 Å². The Labute approximate surface area is 225 Å². The molecule has 4 rings (SSSR count). The molecule has 0 bridgehead atoms. The number of benzene rings is 2. The van der Waals surface area contributed by atoms with Crippen LogP contribution in [0.25, 0.3) is 0 Å². The molecule has 2 aromatic rings. The molecule has 2 unspecified atom stereocenters. The number of unbranched alkanes of at least 4 members (excludes halogenated alkanes) is 1. The summed E-state index contributed by atoms with van der Waals surface area (Å²) in [5.74, 6) is -0.912. The molecule has 202 valence electrons. The topological polar surface area (TPSA) is 99.1 Å². The summed E-state index contributed by atoms with van der Waals surface area (Å²) < 4.78 is 0. The van der Waals surface area contributed by atoms with Gasteiger partial charge in [0.2, 0.25) is 11.8 Å². The molecule has 1 aliphatic carbocycles. The molecule has 1 aliphatic heterocycles. The molecule has 0 aromatic heterocycles. The van der Waals surface area contributed by atoms with Crippen LogP contribution < -0.4 is 5.32 Å². The number of hydrazone groups is 1. The van der Waals surface area contributed by atoms with E-state index < -0.39 is 5.97 Å². The summed E-state index contributed by atoms with van der Waals surface area (Å²) in [6.07, 6.45) is 7.67. The van der Waals surface area contributed by atoms with E-state index in [1.54, 1.807) is 11.9 Å². The highest BCUT2D eigenvalue weighted by Gasteiger charge is 2.32. The van der Waals surface area contributed by atoms with Gasteiger partial charge in [0.25, 0.3) is 0 Å². The van der Waals surface area contributed by atoms with Crippen LogP contribution in [-0.2, 0) is 20.9 Å². The number of nitrogens with one attached hydrogen (secondary N) is 1. The molecule has 7 heteroatoms. The van der Waals surface area contributed by atoms with Gasteiger partial charge in [0.05, 0.1) is 24.1 Å². The van der Waals surface area contributed by atoms with E-state index in [0.29, 0.717) is 38.3 Å². The number of carboxylic acids is 1. The molecule has 2 aliphatic rings. The van der Waals surface area contributed by atoms with Gasteiger partial charge in [-0.3, -0.25) is 14.4 Å². The van der Waals surface area contributed by atoms with Crippen molar-refractivity contribution in [1.29, 1.82) is 0 Å². The Bertz CT molecular complexity index is 1120. The fraction of sp³-hybridized carbons (Fsp3) is 0.484. The van der Waals surface area contributed by atoms with E-state index in [4.69, 9.17) is 5.11 Å². The van der Waals surface area contributed by atoms with Gasteiger partial charge in [0, 0.05) is 19.4 Å². The zero-order valence-corrected chi connectivity index (χ0v) is 22.3. The third-order valence-electron chi connectivity index (χ3n) is 7.82. The lowest BCUT2D eigenvalue weighted by Gasteiger charge is -2.25. The van der Waals surface area contributed by atoms with Gasteiger partial charge < -0.3 is 10.4 Å². The minimum atomic E-state index is -0.771. The average Bonchev–Trinajstić information content (AvgIpc) is 3.45. The van der Waals surface area contributed by atoms with Crippen molar-refractivity contribution in [2.45, 2.75) is 77.2 Å². The van der Waals surface area contributed by atoms with E-state index in [0.717, 1.165) is 60.9 Å². The molecular weight excluding hydrogens is 478 g/mol. The number of carbonyl (C=O) groups excluding carboxylic acids is 2. The number of aliphatic carboxylic acids is 1. The predicted molar refractivity (Wildman–Crippen MR) is 148 cm³/mol. The first kappa shape index (κ1) is 27.6. The highest BCUT2D eigenvalue weighted by Crippen LogP contribution is 2.37. The molecule has 7 nitrogen and oxygen atoms in total. The molecule has 1 heterocycles. The summed E-state index contributed by atoms with van der Waals surface area (Å²) in [5.41, 5.74) is 3.97. The highest BCUT2D eigenvalue weighted by atomic mass is 16.4. The lowest BCUT2D eigenvalue weighted by molar-refractivity contribution is -0.141. The Kier molecular flexibility index (Phi) is 9.68. The minimum absolute atomic E-state index is 0.0229. The Morgan fingerprint density at radius 2 is 1.74 bits per heavy atom. The first-order valence-corrected chi connectivity index (χ1v) is 13.9. The molecule has 0 radical (unpaired) electrons. The van der Waals surface area contributed by atoms with Gasteiger partial charge in [0.15, 0.2) is 0 Å². The van der Waals surface area contributed by atoms with Crippen LogP contribution in [0.5, 0.6) is 0 Å². The number of amides is 2. The lowest BCUT2D eigenvalue weighted by Crippen LogP contribution is -2.33. The molecule has 2 amide bonds. The number of hydrogen-bond donors (Lipinski definition) is 2. The Hall–Kier alpha value is -3.48. The highest BCUT2D eigenvalue weighted by molar-refractivity contribution is 6.04. The maximum Gasteiger partial charge on any atom is 0.306 e. The first-order valence-electron chi connectivity index (χ1n) is 13.9. The van der Waals surface area contributed by atoms with E-state index in [1.165, 1.54) is 0 Å². The van der Waals surface area contributed by atoms with Gasteiger partial charge in [-0.05, 0) is 48.3 Å². The zero-order valence-electron chi connectivity index (χ0n) is 22.3. The summed E-state index contributed by atoms with van der Waals surface area (Å²) in [5, 5.41) is 18.4. The Balaban J connectivity index is 1.39. The van der Waals surface area contributed by atoms with E-state index >= 15 is 0 Å². The maximum absolute atomic E-state index is 13.3. The van der Waals surface area contributed by atoms with Crippen LogP contribution in [0.2, 0.25) is 0 Å². The van der Waals surface area contributed by atoms with Crippen molar-refractivity contribution in [1.82, 2.24) is 10.3 Å². The molecular formula is C31H39N3O4. The van der Waals surface area contributed by atoms with Crippen molar-refractivity contribution >= 4 is 23.5 Å². The molecule has 1 saturated carbocycles. The van der Waals surface area contributed by atoms with Gasteiger partial charge in [-0.1, -0.05) is 80.8 Å². The molecule has 2 atom stereocenters. The van der Waals surface area contributed by atoms with Crippen molar-refractivity contribution in [3.05, 3.63) is 71.3 Å². The monoisotopic (exact) mass is 517 g/mol. The van der Waals surface area contributed by atoms with Crippen molar-refractivity contribution in [2.24, 2.45) is 16.9 Å². The summed E-state index contributed by atoms with van der Waals surface area (Å²) >= 11 is 0. The lowest BCUT2D eigenvalue weighted by atomic mass is 9.83. The minimum Gasteiger partial charge on any atom is -0.481 e. The van der Waals surface area contributed by atoms with Crippen LogP contribution in [0.15, 0.2) is 59.7 Å². The van der Waals surface area contributed by atoms with Crippen LogP contribution in [0.4, 0.5) is 0 Å². The van der Waals surface area contributed by atoms with Crippen LogP contribution in [-0.4, -0.2) is 40.2 Å². The number of nitrogens with zero attached hydrogens (tertiary/aromatic N) is 2. The number of hydrogen-bond acceptors (Lipinski definition) is 4. The van der Waals surface area contributed by atoms with Crippen molar-refractivity contribution in [2.75, 3.05) is 6.54 Å². The van der Waals surface area contributed by atoms with E-state index in [9.17, 15) is 14.4 Å². The zero-order chi connectivity index (χ0) is 26.9. The Morgan fingerprint density at radius 1 is 1.03 bits per heavy atom. The van der Waals surface area contributed by atoms with Gasteiger partial charge in [0.1, 0.15) is 0 Å².